The molecule has 13 rings (SSSR count). The molecule has 360 valence electrons. The summed E-state index contributed by atoms with van der Waals surface area (Å²) >= 11 is 0. The summed E-state index contributed by atoms with van der Waals surface area (Å²) in [7, 11) is 0. The van der Waals surface area contributed by atoms with E-state index in [0.717, 1.165) is 45.3 Å². The van der Waals surface area contributed by atoms with E-state index < -0.39 is 5.41 Å². The minimum atomic E-state index is -0.474. The molecule has 0 unspecified atom stereocenters. The maximum Gasteiger partial charge on any atom is 0.0713 e. The third-order valence-corrected chi connectivity index (χ3v) is 15.2. The van der Waals surface area contributed by atoms with Gasteiger partial charge in [-0.05, 0) is 170 Å². The van der Waals surface area contributed by atoms with Crippen molar-refractivity contribution in [1.29, 1.82) is 0 Å². The monoisotopic (exact) mass is 970 g/mol. The van der Waals surface area contributed by atoms with Crippen LogP contribution in [0, 0.1) is 6.92 Å². The summed E-state index contributed by atoms with van der Waals surface area (Å²) in [6.45, 7) is 2.20. The van der Waals surface area contributed by atoms with Crippen molar-refractivity contribution in [1.82, 2.24) is 0 Å². The first kappa shape index (κ1) is 46.1. The van der Waals surface area contributed by atoms with Gasteiger partial charge in [0.25, 0.3) is 0 Å². The van der Waals surface area contributed by atoms with Gasteiger partial charge in [0.1, 0.15) is 0 Å². The lowest BCUT2D eigenvalue weighted by Crippen LogP contribution is -2.28. The Morgan fingerprint density at radius 2 is 0.513 bits per heavy atom. The highest BCUT2D eigenvalue weighted by atomic mass is 15.1. The fraction of sp³-hybridized carbons (Fsp3) is 0.0270. The van der Waals surface area contributed by atoms with E-state index in [1.807, 2.05) is 0 Å². The maximum absolute atomic E-state index is 2.42. The van der Waals surface area contributed by atoms with Crippen molar-refractivity contribution in [3.8, 4) is 55.6 Å². The molecule has 0 bridgehead atoms. The molecule has 0 aliphatic heterocycles. The molecule has 0 saturated heterocycles. The molecule has 1 aliphatic rings. The first-order valence-electron chi connectivity index (χ1n) is 26.2. The summed E-state index contributed by atoms with van der Waals surface area (Å²) < 4.78 is 0. The Morgan fingerprint density at radius 1 is 0.224 bits per heavy atom. The van der Waals surface area contributed by atoms with E-state index in [1.165, 1.54) is 72.3 Å². The van der Waals surface area contributed by atoms with E-state index in [4.69, 9.17) is 0 Å². The topological polar surface area (TPSA) is 6.48 Å². The molecule has 0 radical (unpaired) electrons. The largest absolute Gasteiger partial charge is 0.311 e. The number of hydrogen-bond acceptors (Lipinski definition) is 2. The highest BCUT2D eigenvalue weighted by Gasteiger charge is 2.46. The predicted octanol–water partition coefficient (Wildman–Crippen LogP) is 20.0. The van der Waals surface area contributed by atoms with Gasteiger partial charge in [-0.1, -0.05) is 230 Å². The number of hydrogen-bond donors (Lipinski definition) is 0. The standard InChI is InChI=1S/C74H54N2/c1-53-37-47-72-70(49-53)71-50-65(46-48-73(71)74(72,58-27-13-4-14-28-58)59-29-15-5-16-30-59)76(62-35-21-8-22-36-62)64-44-40-57(41-45-64)69-52-66(54-23-9-2-10-24-54)68(51-67(69)55-25-11-3-12-26-55)56-38-42-63(43-39-56)75(60-31-17-6-18-32-60)61-33-19-7-20-34-61/h2-52H,1H3. The zero-order chi connectivity index (χ0) is 50.8. The Hall–Kier alpha value is -9.76. The van der Waals surface area contributed by atoms with Crippen LogP contribution in [0.3, 0.4) is 0 Å². The molecule has 12 aromatic carbocycles. The molecule has 0 fully saturated rings. The molecule has 2 heteroatoms. The van der Waals surface area contributed by atoms with Gasteiger partial charge < -0.3 is 9.80 Å². The molecule has 0 atom stereocenters. The van der Waals surface area contributed by atoms with Crippen LogP contribution in [0.2, 0.25) is 0 Å². The number of fused-ring (bicyclic) bond motifs is 3. The third-order valence-electron chi connectivity index (χ3n) is 15.2. The van der Waals surface area contributed by atoms with Gasteiger partial charge >= 0.3 is 0 Å². The van der Waals surface area contributed by atoms with Crippen LogP contribution < -0.4 is 9.80 Å². The van der Waals surface area contributed by atoms with Crippen molar-refractivity contribution in [2.75, 3.05) is 9.80 Å². The number of rotatable bonds is 12. The van der Waals surface area contributed by atoms with E-state index in [1.54, 1.807) is 0 Å². The molecule has 0 heterocycles. The van der Waals surface area contributed by atoms with Gasteiger partial charge in [0.05, 0.1) is 5.41 Å². The van der Waals surface area contributed by atoms with Crippen LogP contribution >= 0.6 is 0 Å². The van der Waals surface area contributed by atoms with Crippen molar-refractivity contribution in [2.24, 2.45) is 0 Å². The van der Waals surface area contributed by atoms with Crippen LogP contribution in [0.25, 0.3) is 55.6 Å². The minimum Gasteiger partial charge on any atom is -0.311 e. The highest BCUT2D eigenvalue weighted by Crippen LogP contribution is 2.57. The Bertz CT molecular complexity index is 3860. The van der Waals surface area contributed by atoms with Gasteiger partial charge in [-0.25, -0.2) is 0 Å². The molecule has 12 aromatic rings. The minimum absolute atomic E-state index is 0.474. The summed E-state index contributed by atoms with van der Waals surface area (Å²) in [5, 5.41) is 0. The average Bonchev–Trinajstić information content (AvgIpc) is 3.90. The maximum atomic E-state index is 2.42. The van der Waals surface area contributed by atoms with E-state index in [0.29, 0.717) is 0 Å². The van der Waals surface area contributed by atoms with Crippen LogP contribution in [0.5, 0.6) is 0 Å². The van der Waals surface area contributed by atoms with Crippen molar-refractivity contribution < 1.29 is 0 Å². The molecule has 0 saturated carbocycles. The molecule has 0 spiro atoms. The van der Waals surface area contributed by atoms with E-state index in [2.05, 4.69) is 326 Å². The molecule has 1 aliphatic carbocycles. The normalized spacial score (nSPS) is 12.1. The summed E-state index contributed by atoms with van der Waals surface area (Å²) in [6.07, 6.45) is 0. The Balaban J connectivity index is 0.938. The number of aryl methyl sites for hydroxylation is 1. The van der Waals surface area contributed by atoms with Gasteiger partial charge in [0, 0.05) is 34.1 Å². The molecular weight excluding hydrogens is 917 g/mol. The average molecular weight is 971 g/mol. The smallest absolute Gasteiger partial charge is 0.0713 e. The van der Waals surface area contributed by atoms with E-state index in [-0.39, 0.29) is 0 Å². The second kappa shape index (κ2) is 19.9. The van der Waals surface area contributed by atoms with Gasteiger partial charge in [0.2, 0.25) is 0 Å². The highest BCUT2D eigenvalue weighted by molar-refractivity contribution is 5.97. The molecule has 0 N–H and O–H groups in total. The fourth-order valence-electron chi connectivity index (χ4n) is 11.7. The van der Waals surface area contributed by atoms with Gasteiger partial charge in [-0.2, -0.15) is 0 Å². The van der Waals surface area contributed by atoms with Crippen LogP contribution in [-0.4, -0.2) is 0 Å². The summed E-state index contributed by atoms with van der Waals surface area (Å²) in [4.78, 5) is 4.72. The second-order valence-electron chi connectivity index (χ2n) is 19.7. The lowest BCUT2D eigenvalue weighted by molar-refractivity contribution is 0.768. The summed E-state index contributed by atoms with van der Waals surface area (Å²) in [5.74, 6) is 0. The van der Waals surface area contributed by atoms with Crippen LogP contribution in [0.4, 0.5) is 34.1 Å². The van der Waals surface area contributed by atoms with Crippen LogP contribution in [-0.2, 0) is 5.41 Å². The number of nitrogens with zero attached hydrogens (tertiary/aromatic N) is 2. The molecular formula is C74H54N2. The molecule has 76 heavy (non-hydrogen) atoms. The van der Waals surface area contributed by atoms with Gasteiger partial charge in [0.15, 0.2) is 0 Å². The lowest BCUT2D eigenvalue weighted by Gasteiger charge is -2.34. The van der Waals surface area contributed by atoms with Crippen molar-refractivity contribution >= 4 is 34.1 Å². The van der Waals surface area contributed by atoms with Gasteiger partial charge in [-0.15, -0.1) is 0 Å². The van der Waals surface area contributed by atoms with E-state index >= 15 is 0 Å². The SMILES string of the molecule is Cc1ccc2c(c1)-c1cc(N(c3ccccc3)c3ccc(-c4cc(-c5ccccc5)c(-c5ccc(N(c6ccccc6)c6ccccc6)cc5)cc4-c4ccccc4)cc3)ccc1C2(c1ccccc1)c1ccccc1. The van der Waals surface area contributed by atoms with Crippen LogP contribution in [0.1, 0.15) is 27.8 Å². The quantitative estimate of drug-likeness (QED) is 0.120. The Morgan fingerprint density at radius 3 is 0.908 bits per heavy atom. The predicted molar refractivity (Wildman–Crippen MR) is 320 cm³/mol. The zero-order valence-electron chi connectivity index (χ0n) is 42.3. The first-order valence-corrected chi connectivity index (χ1v) is 26.2. The molecule has 0 aromatic heterocycles. The summed E-state index contributed by atoms with van der Waals surface area (Å²) in [5.41, 5.74) is 24.4. The first-order chi connectivity index (χ1) is 37.6. The van der Waals surface area contributed by atoms with Crippen molar-refractivity contribution in [2.45, 2.75) is 12.3 Å². The Labute approximate surface area is 446 Å². The fourth-order valence-corrected chi connectivity index (χ4v) is 11.7. The number of anilines is 6. The zero-order valence-corrected chi connectivity index (χ0v) is 42.3. The second-order valence-corrected chi connectivity index (χ2v) is 19.7. The van der Waals surface area contributed by atoms with Crippen LogP contribution in [0.15, 0.2) is 309 Å². The van der Waals surface area contributed by atoms with Crippen molar-refractivity contribution in [3.63, 3.8) is 0 Å². The lowest BCUT2D eigenvalue weighted by atomic mass is 9.67. The number of para-hydroxylation sites is 3. The summed E-state index contributed by atoms with van der Waals surface area (Å²) in [6, 6.07) is 113. The number of benzene rings is 12. The Kier molecular flexibility index (Phi) is 12.1. The van der Waals surface area contributed by atoms with Crippen molar-refractivity contribution in [3.05, 3.63) is 337 Å². The van der Waals surface area contributed by atoms with Gasteiger partial charge in [-0.3, -0.25) is 0 Å². The molecule has 2 nitrogen and oxygen atoms in total. The van der Waals surface area contributed by atoms with E-state index in [9.17, 15) is 0 Å². The molecule has 0 amide bonds. The third kappa shape index (κ3) is 8.27.